The van der Waals surface area contributed by atoms with Gasteiger partial charge in [-0.3, -0.25) is 4.68 Å². The number of nitrogens with zero attached hydrogens (tertiary/aromatic N) is 5. The number of nitrogens with two attached hydrogens (primary N) is 1. The van der Waals surface area contributed by atoms with E-state index in [0.717, 1.165) is 29.9 Å². The Morgan fingerprint density at radius 3 is 2.88 bits per heavy atom. The summed E-state index contributed by atoms with van der Waals surface area (Å²) in [6, 6.07) is 0.219. The highest BCUT2D eigenvalue weighted by molar-refractivity contribution is 5.86. The molecule has 0 aliphatic carbocycles. The molecule has 0 aromatic carbocycles. The van der Waals surface area contributed by atoms with Crippen LogP contribution in [0.5, 0.6) is 0 Å². The molecule has 1 aliphatic heterocycles. The largest absolute Gasteiger partial charge is 0.354 e. The summed E-state index contributed by atoms with van der Waals surface area (Å²) >= 11 is 0. The molecule has 3 heterocycles. The average Bonchev–Trinajstić information content (AvgIpc) is 2.84. The van der Waals surface area contributed by atoms with E-state index in [1.807, 2.05) is 13.2 Å². The summed E-state index contributed by atoms with van der Waals surface area (Å²) in [5, 5.41) is 5.22. The summed E-state index contributed by atoms with van der Waals surface area (Å²) in [6.07, 6.45) is 3.41. The first kappa shape index (κ1) is 10.5. The van der Waals surface area contributed by atoms with Gasteiger partial charge >= 0.3 is 0 Å². The molecule has 2 N–H and O–H groups in total. The van der Waals surface area contributed by atoms with Crippen LogP contribution in [0.1, 0.15) is 6.92 Å². The van der Waals surface area contributed by atoms with Crippen molar-refractivity contribution >= 4 is 16.9 Å². The third kappa shape index (κ3) is 1.56. The molecule has 2 unspecified atom stereocenters. The SMILES string of the molecule is CC1CN(c2ncnc3c2cnn3C)CC1N. The van der Waals surface area contributed by atoms with Crippen molar-refractivity contribution in [2.75, 3.05) is 18.0 Å². The van der Waals surface area contributed by atoms with Crippen molar-refractivity contribution in [2.24, 2.45) is 18.7 Å². The lowest BCUT2D eigenvalue weighted by Crippen LogP contribution is -2.28. The Balaban J connectivity index is 2.06. The Labute approximate surface area is 99.4 Å². The highest BCUT2D eigenvalue weighted by Gasteiger charge is 2.28. The van der Waals surface area contributed by atoms with Crippen LogP contribution in [0.15, 0.2) is 12.5 Å². The van der Waals surface area contributed by atoms with Crippen LogP contribution < -0.4 is 10.6 Å². The second-order valence-electron chi connectivity index (χ2n) is 4.75. The van der Waals surface area contributed by atoms with Gasteiger partial charge in [0.05, 0.1) is 11.6 Å². The van der Waals surface area contributed by atoms with Crippen LogP contribution in [-0.2, 0) is 7.05 Å². The lowest BCUT2D eigenvalue weighted by atomic mass is 10.1. The van der Waals surface area contributed by atoms with E-state index in [0.29, 0.717) is 5.92 Å². The van der Waals surface area contributed by atoms with Crippen LogP contribution in [0.25, 0.3) is 11.0 Å². The minimum atomic E-state index is 0.219. The topological polar surface area (TPSA) is 72.9 Å². The molecule has 1 fully saturated rings. The molecule has 3 rings (SSSR count). The van der Waals surface area contributed by atoms with Crippen LogP contribution in [-0.4, -0.2) is 38.9 Å². The van der Waals surface area contributed by atoms with Crippen molar-refractivity contribution in [2.45, 2.75) is 13.0 Å². The molecule has 1 saturated heterocycles. The fourth-order valence-corrected chi connectivity index (χ4v) is 2.37. The Morgan fingerprint density at radius 1 is 1.35 bits per heavy atom. The number of rotatable bonds is 1. The zero-order valence-electron chi connectivity index (χ0n) is 10.0. The predicted octanol–water partition coefficient (Wildman–Crippen LogP) is 0.147. The molecule has 0 amide bonds. The third-order valence-corrected chi connectivity index (χ3v) is 3.48. The minimum Gasteiger partial charge on any atom is -0.354 e. The van der Waals surface area contributed by atoms with Crippen LogP contribution in [0.4, 0.5) is 5.82 Å². The van der Waals surface area contributed by atoms with Crippen molar-refractivity contribution in [3.8, 4) is 0 Å². The standard InChI is InChI=1S/C11H16N6/c1-7-4-17(5-9(7)12)11-8-3-15-16(2)10(8)13-6-14-11/h3,6-7,9H,4-5,12H2,1-2H3. The van der Waals surface area contributed by atoms with Crippen molar-refractivity contribution < 1.29 is 0 Å². The van der Waals surface area contributed by atoms with Crippen molar-refractivity contribution in [1.82, 2.24) is 19.7 Å². The normalized spacial score (nSPS) is 24.8. The van der Waals surface area contributed by atoms with Gasteiger partial charge in [-0.1, -0.05) is 6.92 Å². The Hall–Kier alpha value is -1.69. The quantitative estimate of drug-likeness (QED) is 0.757. The van der Waals surface area contributed by atoms with Crippen molar-refractivity contribution in [3.05, 3.63) is 12.5 Å². The average molecular weight is 232 g/mol. The van der Waals surface area contributed by atoms with E-state index in [1.165, 1.54) is 0 Å². The van der Waals surface area contributed by atoms with Crippen molar-refractivity contribution in [1.29, 1.82) is 0 Å². The highest BCUT2D eigenvalue weighted by Crippen LogP contribution is 2.26. The molecular formula is C11H16N6. The Kier molecular flexibility index (Phi) is 2.25. The first-order valence-electron chi connectivity index (χ1n) is 5.80. The molecule has 1 aliphatic rings. The number of hydrogen-bond donors (Lipinski definition) is 1. The van der Waals surface area contributed by atoms with Gasteiger partial charge in [-0.2, -0.15) is 5.10 Å². The molecule has 0 radical (unpaired) electrons. The summed E-state index contributed by atoms with van der Waals surface area (Å²) in [5.74, 6) is 1.44. The molecule has 0 spiro atoms. The maximum atomic E-state index is 6.05. The Bertz CT molecular complexity index is 538. The van der Waals surface area contributed by atoms with Gasteiger partial charge < -0.3 is 10.6 Å². The zero-order chi connectivity index (χ0) is 12.0. The number of aromatic nitrogens is 4. The van der Waals surface area contributed by atoms with Crippen LogP contribution in [0, 0.1) is 5.92 Å². The second kappa shape index (κ2) is 3.66. The Morgan fingerprint density at radius 2 is 2.18 bits per heavy atom. The van der Waals surface area contributed by atoms with E-state index in [9.17, 15) is 0 Å². The molecule has 6 heteroatoms. The zero-order valence-corrected chi connectivity index (χ0v) is 10.0. The number of fused-ring (bicyclic) bond motifs is 1. The van der Waals surface area contributed by atoms with E-state index in [-0.39, 0.29) is 6.04 Å². The highest BCUT2D eigenvalue weighted by atomic mass is 15.3. The first-order valence-corrected chi connectivity index (χ1v) is 5.80. The third-order valence-electron chi connectivity index (χ3n) is 3.48. The maximum Gasteiger partial charge on any atom is 0.163 e. The van der Waals surface area contributed by atoms with Gasteiger partial charge in [0.2, 0.25) is 0 Å². The summed E-state index contributed by atoms with van der Waals surface area (Å²) < 4.78 is 1.76. The molecular weight excluding hydrogens is 216 g/mol. The van der Waals surface area contributed by atoms with E-state index < -0.39 is 0 Å². The van der Waals surface area contributed by atoms with Gasteiger partial charge in [-0.05, 0) is 5.92 Å². The molecule has 2 atom stereocenters. The predicted molar refractivity (Wildman–Crippen MR) is 65.7 cm³/mol. The van der Waals surface area contributed by atoms with Gasteiger partial charge in [-0.25, -0.2) is 9.97 Å². The van der Waals surface area contributed by atoms with E-state index in [2.05, 4.69) is 26.9 Å². The lowest BCUT2D eigenvalue weighted by Gasteiger charge is -2.17. The maximum absolute atomic E-state index is 6.05. The molecule has 2 aromatic heterocycles. The minimum absolute atomic E-state index is 0.219. The number of aryl methyl sites for hydroxylation is 1. The molecule has 2 aromatic rings. The number of anilines is 1. The van der Waals surface area contributed by atoms with Gasteiger partial charge in [0.15, 0.2) is 5.65 Å². The lowest BCUT2D eigenvalue weighted by molar-refractivity contribution is 0.566. The van der Waals surface area contributed by atoms with E-state index >= 15 is 0 Å². The summed E-state index contributed by atoms with van der Waals surface area (Å²) in [6.45, 7) is 3.97. The van der Waals surface area contributed by atoms with Crippen LogP contribution in [0.3, 0.4) is 0 Å². The summed E-state index contributed by atoms with van der Waals surface area (Å²) in [7, 11) is 1.89. The molecule has 90 valence electrons. The van der Waals surface area contributed by atoms with Gasteiger partial charge in [0, 0.05) is 26.2 Å². The monoisotopic (exact) mass is 232 g/mol. The fraction of sp³-hybridized carbons (Fsp3) is 0.545. The fourth-order valence-electron chi connectivity index (χ4n) is 2.37. The van der Waals surface area contributed by atoms with Gasteiger partial charge in [0.25, 0.3) is 0 Å². The molecule has 6 nitrogen and oxygen atoms in total. The number of hydrogen-bond acceptors (Lipinski definition) is 5. The van der Waals surface area contributed by atoms with E-state index in [1.54, 1.807) is 11.0 Å². The van der Waals surface area contributed by atoms with Crippen molar-refractivity contribution in [3.63, 3.8) is 0 Å². The molecule has 0 saturated carbocycles. The van der Waals surface area contributed by atoms with E-state index in [4.69, 9.17) is 5.73 Å². The first-order chi connectivity index (χ1) is 8.16. The molecule has 0 bridgehead atoms. The molecule has 17 heavy (non-hydrogen) atoms. The summed E-state index contributed by atoms with van der Waals surface area (Å²) in [5.41, 5.74) is 6.91. The summed E-state index contributed by atoms with van der Waals surface area (Å²) in [4.78, 5) is 10.8. The van der Waals surface area contributed by atoms with Gasteiger partial charge in [-0.15, -0.1) is 0 Å². The smallest absolute Gasteiger partial charge is 0.163 e. The second-order valence-corrected chi connectivity index (χ2v) is 4.75. The van der Waals surface area contributed by atoms with Crippen LogP contribution >= 0.6 is 0 Å². The van der Waals surface area contributed by atoms with Crippen LogP contribution in [0.2, 0.25) is 0 Å². The van der Waals surface area contributed by atoms with Gasteiger partial charge in [0.1, 0.15) is 12.1 Å².